The molecule has 22 heavy (non-hydrogen) atoms. The molecule has 3 rings (SSSR count). The first kappa shape index (κ1) is 15.4. The predicted octanol–water partition coefficient (Wildman–Crippen LogP) is 1.61. The summed E-state index contributed by atoms with van der Waals surface area (Å²) in [6.45, 7) is 4.25. The van der Waals surface area contributed by atoms with Gasteiger partial charge in [0.1, 0.15) is 5.82 Å². The maximum absolute atomic E-state index is 12.6. The van der Waals surface area contributed by atoms with Crippen LogP contribution in [0.25, 0.3) is 0 Å². The minimum Gasteiger partial charge on any atom is -0.344 e. The van der Waals surface area contributed by atoms with E-state index >= 15 is 0 Å². The number of aryl methyl sites for hydroxylation is 1. The summed E-state index contributed by atoms with van der Waals surface area (Å²) in [6, 6.07) is 8.59. The van der Waals surface area contributed by atoms with Gasteiger partial charge in [0.15, 0.2) is 0 Å². The van der Waals surface area contributed by atoms with Crippen molar-refractivity contribution in [3.63, 3.8) is 0 Å². The number of hydrogen-bond donors (Lipinski definition) is 0. The standard InChI is InChI=1S/C14H18N4O2S2/c1-2-13-15-14(21-16-13)17-8-10-18(11-9-17)22(19,20)12-6-4-3-5-7-12/h3-7H,2,8-11H2,1H3. The largest absolute Gasteiger partial charge is 0.344 e. The maximum atomic E-state index is 12.6. The fourth-order valence-electron chi connectivity index (χ4n) is 2.38. The van der Waals surface area contributed by atoms with Gasteiger partial charge in [-0.3, -0.25) is 0 Å². The van der Waals surface area contributed by atoms with Crippen molar-refractivity contribution in [1.82, 2.24) is 13.7 Å². The van der Waals surface area contributed by atoms with Gasteiger partial charge in [-0.05, 0) is 12.1 Å². The summed E-state index contributed by atoms with van der Waals surface area (Å²) in [5.41, 5.74) is 0. The molecule has 1 fully saturated rings. The number of benzene rings is 1. The van der Waals surface area contributed by atoms with Crippen LogP contribution in [0.1, 0.15) is 12.7 Å². The van der Waals surface area contributed by atoms with Gasteiger partial charge in [-0.2, -0.15) is 8.68 Å². The minimum absolute atomic E-state index is 0.354. The van der Waals surface area contributed by atoms with E-state index in [1.807, 2.05) is 13.0 Å². The molecule has 0 radical (unpaired) electrons. The zero-order valence-electron chi connectivity index (χ0n) is 12.3. The number of rotatable bonds is 4. The summed E-state index contributed by atoms with van der Waals surface area (Å²) in [5.74, 6) is 0.847. The summed E-state index contributed by atoms with van der Waals surface area (Å²) >= 11 is 1.38. The number of hydrogen-bond acceptors (Lipinski definition) is 6. The van der Waals surface area contributed by atoms with E-state index in [2.05, 4.69) is 14.3 Å². The molecule has 118 valence electrons. The van der Waals surface area contributed by atoms with E-state index in [-0.39, 0.29) is 0 Å². The van der Waals surface area contributed by atoms with Crippen LogP contribution in [0, 0.1) is 0 Å². The van der Waals surface area contributed by atoms with E-state index in [9.17, 15) is 8.42 Å². The van der Waals surface area contributed by atoms with E-state index in [1.54, 1.807) is 28.6 Å². The van der Waals surface area contributed by atoms with Crippen LogP contribution < -0.4 is 4.90 Å². The van der Waals surface area contributed by atoms with Crippen LogP contribution in [0.15, 0.2) is 35.2 Å². The molecule has 6 nitrogen and oxygen atoms in total. The maximum Gasteiger partial charge on any atom is 0.243 e. The number of nitrogens with zero attached hydrogens (tertiary/aromatic N) is 4. The quantitative estimate of drug-likeness (QED) is 0.847. The summed E-state index contributed by atoms with van der Waals surface area (Å²) in [5, 5.41) is 0.883. The molecule has 8 heteroatoms. The van der Waals surface area contributed by atoms with Crippen molar-refractivity contribution in [2.45, 2.75) is 18.2 Å². The third-order valence-corrected chi connectivity index (χ3v) is 6.39. The number of piperazine rings is 1. The van der Waals surface area contributed by atoms with E-state index in [1.165, 1.54) is 11.5 Å². The van der Waals surface area contributed by atoms with Gasteiger partial charge < -0.3 is 4.90 Å². The van der Waals surface area contributed by atoms with Gasteiger partial charge in [0, 0.05) is 44.1 Å². The molecule has 0 saturated carbocycles. The molecule has 2 heterocycles. The lowest BCUT2D eigenvalue weighted by Gasteiger charge is -2.33. The molecule has 1 saturated heterocycles. The smallest absolute Gasteiger partial charge is 0.243 e. The lowest BCUT2D eigenvalue weighted by molar-refractivity contribution is 0.384. The number of sulfonamides is 1. The Kier molecular flexibility index (Phi) is 4.42. The molecule has 0 N–H and O–H groups in total. The average molecular weight is 338 g/mol. The van der Waals surface area contributed by atoms with E-state index in [4.69, 9.17) is 0 Å². The van der Waals surface area contributed by atoms with Crippen LogP contribution in [-0.2, 0) is 16.4 Å². The SMILES string of the molecule is CCc1nsc(N2CCN(S(=O)(=O)c3ccccc3)CC2)n1. The van der Waals surface area contributed by atoms with Crippen molar-refractivity contribution in [2.75, 3.05) is 31.1 Å². The van der Waals surface area contributed by atoms with Crippen molar-refractivity contribution >= 4 is 26.7 Å². The Morgan fingerprint density at radius 3 is 2.41 bits per heavy atom. The first-order valence-corrected chi connectivity index (χ1v) is 9.45. The molecule has 0 atom stereocenters. The van der Waals surface area contributed by atoms with Gasteiger partial charge in [-0.25, -0.2) is 13.4 Å². The molecular formula is C14H18N4O2S2. The molecule has 0 amide bonds. The Morgan fingerprint density at radius 1 is 1.14 bits per heavy atom. The van der Waals surface area contributed by atoms with Gasteiger partial charge in [0.25, 0.3) is 0 Å². The van der Waals surface area contributed by atoms with Crippen LogP contribution >= 0.6 is 11.5 Å². The number of aromatic nitrogens is 2. The molecule has 1 aromatic carbocycles. The minimum atomic E-state index is -3.39. The van der Waals surface area contributed by atoms with Crippen molar-refractivity contribution in [2.24, 2.45) is 0 Å². The van der Waals surface area contributed by atoms with Crippen LogP contribution in [0.5, 0.6) is 0 Å². The van der Waals surface area contributed by atoms with Gasteiger partial charge in [-0.1, -0.05) is 25.1 Å². The fraction of sp³-hybridized carbons (Fsp3) is 0.429. The fourth-order valence-corrected chi connectivity index (χ4v) is 4.62. The summed E-state index contributed by atoms with van der Waals surface area (Å²) in [6.07, 6.45) is 0.818. The van der Waals surface area contributed by atoms with Crippen LogP contribution in [-0.4, -0.2) is 48.3 Å². The summed E-state index contributed by atoms with van der Waals surface area (Å²) in [4.78, 5) is 6.92. The first-order valence-electron chi connectivity index (χ1n) is 7.24. The highest BCUT2D eigenvalue weighted by Gasteiger charge is 2.29. The third kappa shape index (κ3) is 2.99. The van der Waals surface area contributed by atoms with E-state index in [0.717, 1.165) is 17.4 Å². The van der Waals surface area contributed by atoms with E-state index < -0.39 is 10.0 Å². The molecule has 0 aliphatic carbocycles. The number of anilines is 1. The predicted molar refractivity (Wildman–Crippen MR) is 86.7 cm³/mol. The summed E-state index contributed by atoms with van der Waals surface area (Å²) in [7, 11) is -3.39. The van der Waals surface area contributed by atoms with Crippen molar-refractivity contribution < 1.29 is 8.42 Å². The topological polar surface area (TPSA) is 66.4 Å². The second kappa shape index (κ2) is 6.31. The molecule has 1 aliphatic heterocycles. The Labute approximate surface area is 134 Å². The Hall–Kier alpha value is -1.51. The van der Waals surface area contributed by atoms with E-state index in [0.29, 0.717) is 31.1 Å². The van der Waals surface area contributed by atoms with Crippen molar-refractivity contribution in [3.8, 4) is 0 Å². The van der Waals surface area contributed by atoms with Gasteiger partial charge in [0.05, 0.1) is 4.90 Å². The second-order valence-corrected chi connectivity index (χ2v) is 7.72. The molecule has 1 aromatic heterocycles. The van der Waals surface area contributed by atoms with Gasteiger partial charge in [0.2, 0.25) is 15.2 Å². The molecular weight excluding hydrogens is 320 g/mol. The zero-order chi connectivity index (χ0) is 15.6. The monoisotopic (exact) mass is 338 g/mol. The Balaban J connectivity index is 1.69. The zero-order valence-corrected chi connectivity index (χ0v) is 14.0. The molecule has 0 spiro atoms. The molecule has 2 aromatic rings. The summed E-state index contributed by atoms with van der Waals surface area (Å²) < 4.78 is 31.0. The van der Waals surface area contributed by atoms with Crippen molar-refractivity contribution in [3.05, 3.63) is 36.2 Å². The molecule has 0 unspecified atom stereocenters. The van der Waals surface area contributed by atoms with Crippen LogP contribution in [0.2, 0.25) is 0 Å². The average Bonchev–Trinajstić information content (AvgIpc) is 3.05. The Morgan fingerprint density at radius 2 is 1.82 bits per heavy atom. The highest BCUT2D eigenvalue weighted by molar-refractivity contribution is 7.89. The van der Waals surface area contributed by atoms with Crippen molar-refractivity contribution in [1.29, 1.82) is 0 Å². The lowest BCUT2D eigenvalue weighted by atomic mass is 10.4. The molecule has 0 bridgehead atoms. The normalized spacial score (nSPS) is 16.9. The Bertz CT molecular complexity index is 722. The van der Waals surface area contributed by atoms with Crippen LogP contribution in [0.4, 0.5) is 5.13 Å². The highest BCUT2D eigenvalue weighted by Crippen LogP contribution is 2.22. The van der Waals surface area contributed by atoms with Crippen LogP contribution in [0.3, 0.4) is 0 Å². The third-order valence-electron chi connectivity index (χ3n) is 3.66. The highest BCUT2D eigenvalue weighted by atomic mass is 32.2. The lowest BCUT2D eigenvalue weighted by Crippen LogP contribution is -2.48. The van der Waals surface area contributed by atoms with Gasteiger partial charge >= 0.3 is 0 Å². The molecule has 1 aliphatic rings. The first-order chi connectivity index (χ1) is 10.6. The second-order valence-electron chi connectivity index (χ2n) is 5.05. The van der Waals surface area contributed by atoms with Gasteiger partial charge in [-0.15, -0.1) is 0 Å².